The van der Waals surface area contributed by atoms with Crippen LogP contribution in [0.25, 0.3) is 6.08 Å². The van der Waals surface area contributed by atoms with Crippen LogP contribution in [0.2, 0.25) is 0 Å². The highest BCUT2D eigenvalue weighted by molar-refractivity contribution is 9.10. The van der Waals surface area contributed by atoms with E-state index in [0.29, 0.717) is 0 Å². The maximum absolute atomic E-state index is 12.2. The van der Waals surface area contributed by atoms with E-state index in [9.17, 15) is 15.0 Å². The number of carbonyl (C=O) groups is 1. The number of phenols is 2. The van der Waals surface area contributed by atoms with Gasteiger partial charge in [-0.1, -0.05) is 34.1 Å². The zero-order chi connectivity index (χ0) is 15.4. The van der Waals surface area contributed by atoms with Crippen LogP contribution < -0.4 is 4.74 Å². The predicted octanol–water partition coefficient (Wildman–Crippen LogP) is 3.77. The summed E-state index contributed by atoms with van der Waals surface area (Å²) >= 11 is 3.33. The minimum Gasteiger partial charge on any atom is -0.508 e. The fraction of sp³-hybridized carbons (Fsp3) is 0.0625. The van der Waals surface area contributed by atoms with E-state index in [1.807, 2.05) is 24.3 Å². The molecule has 0 spiro atoms. The van der Waals surface area contributed by atoms with Crippen molar-refractivity contribution in [2.24, 2.45) is 0 Å². The Bertz CT molecular complexity index is 690. The second-order valence-corrected chi connectivity index (χ2v) is 5.21. The summed E-state index contributed by atoms with van der Waals surface area (Å²) in [6.07, 6.45) is 2.98. The van der Waals surface area contributed by atoms with E-state index in [2.05, 4.69) is 15.9 Å². The maximum Gasteiger partial charge on any atom is 0.193 e. The molecular weight excluding hydrogens is 336 g/mol. The highest BCUT2D eigenvalue weighted by Gasteiger charge is 2.16. The Kier molecular flexibility index (Phi) is 4.65. The van der Waals surface area contributed by atoms with Crippen molar-refractivity contribution in [1.82, 2.24) is 0 Å². The summed E-state index contributed by atoms with van der Waals surface area (Å²) in [5.41, 5.74) is 0.868. The molecule has 0 amide bonds. The largest absolute Gasteiger partial charge is 0.508 e. The molecular formula is C16H13BrO4. The number of ether oxygens (including phenoxy) is 1. The topological polar surface area (TPSA) is 66.8 Å². The van der Waals surface area contributed by atoms with Crippen LogP contribution in [-0.2, 0) is 0 Å². The van der Waals surface area contributed by atoms with E-state index in [4.69, 9.17) is 4.74 Å². The second kappa shape index (κ2) is 6.45. The first-order chi connectivity index (χ1) is 10.0. The molecule has 2 N–H and O–H groups in total. The number of halogens is 1. The Morgan fingerprint density at radius 2 is 1.86 bits per heavy atom. The fourth-order valence-electron chi connectivity index (χ4n) is 1.82. The summed E-state index contributed by atoms with van der Waals surface area (Å²) in [4.78, 5) is 12.2. The Labute approximate surface area is 130 Å². The second-order valence-electron chi connectivity index (χ2n) is 4.29. The molecule has 0 aromatic heterocycles. The minimum absolute atomic E-state index is 0.0173. The molecule has 0 aliphatic heterocycles. The molecule has 0 saturated carbocycles. The van der Waals surface area contributed by atoms with Crippen molar-refractivity contribution >= 4 is 27.8 Å². The van der Waals surface area contributed by atoms with Crippen molar-refractivity contribution in [3.8, 4) is 17.2 Å². The third kappa shape index (κ3) is 3.64. The average Bonchev–Trinajstić information content (AvgIpc) is 2.45. The highest BCUT2D eigenvalue weighted by atomic mass is 79.9. The Morgan fingerprint density at radius 3 is 2.48 bits per heavy atom. The minimum atomic E-state index is -0.410. The molecule has 0 unspecified atom stereocenters. The number of ketones is 1. The van der Waals surface area contributed by atoms with E-state index >= 15 is 0 Å². The number of allylic oxidation sites excluding steroid dienone is 1. The van der Waals surface area contributed by atoms with Gasteiger partial charge in [-0.2, -0.15) is 0 Å². The van der Waals surface area contributed by atoms with Gasteiger partial charge in [-0.25, -0.2) is 0 Å². The van der Waals surface area contributed by atoms with Crippen LogP contribution in [0.15, 0.2) is 46.9 Å². The first-order valence-corrected chi connectivity index (χ1v) is 6.88. The molecule has 2 rings (SSSR count). The lowest BCUT2D eigenvalue weighted by Crippen LogP contribution is -1.99. The molecule has 0 atom stereocenters. The van der Waals surface area contributed by atoms with E-state index in [-0.39, 0.29) is 22.8 Å². The lowest BCUT2D eigenvalue weighted by Gasteiger charge is -2.08. The van der Waals surface area contributed by atoms with Gasteiger partial charge < -0.3 is 14.9 Å². The monoisotopic (exact) mass is 348 g/mol. The number of methoxy groups -OCH3 is 1. The molecule has 0 heterocycles. The van der Waals surface area contributed by atoms with Crippen molar-refractivity contribution in [2.45, 2.75) is 0 Å². The molecule has 0 radical (unpaired) electrons. The quantitative estimate of drug-likeness (QED) is 0.652. The van der Waals surface area contributed by atoms with Gasteiger partial charge in [-0.3, -0.25) is 4.79 Å². The number of hydrogen-bond donors (Lipinski definition) is 2. The van der Waals surface area contributed by atoms with Gasteiger partial charge in [0, 0.05) is 16.6 Å². The van der Waals surface area contributed by atoms with Crippen molar-refractivity contribution in [3.05, 3.63) is 58.1 Å². The van der Waals surface area contributed by atoms with Crippen LogP contribution >= 0.6 is 15.9 Å². The standard InChI is InChI=1S/C16H13BrO4/c1-21-15-9-12(18)8-14(20)16(15)13(19)7-4-10-2-5-11(17)6-3-10/h2-9,18,20H,1H3/b7-4+. The van der Waals surface area contributed by atoms with Gasteiger partial charge >= 0.3 is 0 Å². The van der Waals surface area contributed by atoms with Gasteiger partial charge in [-0.15, -0.1) is 0 Å². The summed E-state index contributed by atoms with van der Waals surface area (Å²) in [7, 11) is 1.36. The number of rotatable bonds is 4. The van der Waals surface area contributed by atoms with Crippen LogP contribution in [0.4, 0.5) is 0 Å². The van der Waals surface area contributed by atoms with E-state index < -0.39 is 5.78 Å². The molecule has 0 bridgehead atoms. The predicted molar refractivity (Wildman–Crippen MR) is 83.8 cm³/mol. The molecule has 0 saturated heterocycles. The Morgan fingerprint density at radius 1 is 1.19 bits per heavy atom. The zero-order valence-corrected chi connectivity index (χ0v) is 12.8. The van der Waals surface area contributed by atoms with Crippen molar-refractivity contribution in [3.63, 3.8) is 0 Å². The Hall–Kier alpha value is -2.27. The van der Waals surface area contributed by atoms with Crippen molar-refractivity contribution < 1.29 is 19.7 Å². The molecule has 4 nitrogen and oxygen atoms in total. The van der Waals surface area contributed by atoms with Gasteiger partial charge in [0.1, 0.15) is 22.8 Å². The summed E-state index contributed by atoms with van der Waals surface area (Å²) in [6.45, 7) is 0. The highest BCUT2D eigenvalue weighted by Crippen LogP contribution is 2.33. The SMILES string of the molecule is COc1cc(O)cc(O)c1C(=O)/C=C/c1ccc(Br)cc1. The summed E-state index contributed by atoms with van der Waals surface area (Å²) in [5, 5.41) is 19.2. The van der Waals surface area contributed by atoms with Crippen molar-refractivity contribution in [2.75, 3.05) is 7.11 Å². The van der Waals surface area contributed by atoms with Gasteiger partial charge in [0.05, 0.1) is 7.11 Å². The van der Waals surface area contributed by atoms with E-state index in [1.165, 1.54) is 19.3 Å². The molecule has 21 heavy (non-hydrogen) atoms. The lowest BCUT2D eigenvalue weighted by molar-refractivity contribution is 0.104. The smallest absolute Gasteiger partial charge is 0.193 e. The first kappa shape index (κ1) is 15.1. The lowest BCUT2D eigenvalue weighted by atomic mass is 10.1. The molecule has 108 valence electrons. The maximum atomic E-state index is 12.2. The van der Waals surface area contributed by atoms with Crippen LogP contribution in [0, 0.1) is 0 Å². The van der Waals surface area contributed by atoms with Crippen LogP contribution in [0.5, 0.6) is 17.2 Å². The van der Waals surface area contributed by atoms with E-state index in [1.54, 1.807) is 6.08 Å². The fourth-order valence-corrected chi connectivity index (χ4v) is 2.09. The number of hydrogen-bond acceptors (Lipinski definition) is 4. The van der Waals surface area contributed by atoms with Crippen LogP contribution in [0.1, 0.15) is 15.9 Å². The molecule has 2 aromatic carbocycles. The molecule has 5 heteroatoms. The van der Waals surface area contributed by atoms with Crippen LogP contribution in [-0.4, -0.2) is 23.1 Å². The molecule has 2 aromatic rings. The first-order valence-electron chi connectivity index (χ1n) is 6.09. The van der Waals surface area contributed by atoms with Crippen molar-refractivity contribution in [1.29, 1.82) is 0 Å². The van der Waals surface area contributed by atoms with E-state index in [0.717, 1.165) is 16.1 Å². The van der Waals surface area contributed by atoms with Gasteiger partial charge in [0.15, 0.2) is 5.78 Å². The van der Waals surface area contributed by atoms with Crippen LogP contribution in [0.3, 0.4) is 0 Å². The number of benzene rings is 2. The normalized spacial score (nSPS) is 10.8. The number of phenolic OH excluding ortho intramolecular Hbond substituents is 2. The molecule has 0 fully saturated rings. The summed E-state index contributed by atoms with van der Waals surface area (Å²) in [5.74, 6) is -0.777. The third-order valence-corrected chi connectivity index (χ3v) is 3.36. The van der Waals surface area contributed by atoms with Gasteiger partial charge in [0.2, 0.25) is 0 Å². The summed E-state index contributed by atoms with van der Waals surface area (Å²) < 4.78 is 5.96. The van der Waals surface area contributed by atoms with Gasteiger partial charge in [0.25, 0.3) is 0 Å². The molecule has 0 aliphatic rings. The van der Waals surface area contributed by atoms with Gasteiger partial charge in [-0.05, 0) is 23.8 Å². The Balaban J connectivity index is 2.30. The number of aromatic hydroxyl groups is 2. The average molecular weight is 349 g/mol. The third-order valence-electron chi connectivity index (χ3n) is 2.83. The number of carbonyl (C=O) groups excluding carboxylic acids is 1. The zero-order valence-electron chi connectivity index (χ0n) is 11.2. The summed E-state index contributed by atoms with van der Waals surface area (Å²) in [6, 6.07) is 9.80. The molecule has 0 aliphatic carbocycles.